The molecule has 19 heavy (non-hydrogen) atoms. The summed E-state index contributed by atoms with van der Waals surface area (Å²) in [5, 5.41) is 5.00. The first kappa shape index (κ1) is 14.0. The Morgan fingerprint density at radius 1 is 1.37 bits per heavy atom. The van der Waals surface area contributed by atoms with E-state index >= 15 is 0 Å². The zero-order chi connectivity index (χ0) is 14.2. The molecule has 1 fully saturated rings. The number of halogens is 2. The minimum absolute atomic E-state index is 0.234. The molecule has 1 aromatic carbocycles. The van der Waals surface area contributed by atoms with Crippen LogP contribution in [0.1, 0.15) is 28.8 Å². The van der Waals surface area contributed by atoms with Crippen LogP contribution in [0.3, 0.4) is 0 Å². The normalized spacial score (nSPS) is 15.8. The van der Waals surface area contributed by atoms with Crippen LogP contribution in [-0.2, 0) is 4.79 Å². The molecule has 102 valence electrons. The molecule has 0 aliphatic heterocycles. The molecule has 1 aliphatic carbocycles. The summed E-state index contributed by atoms with van der Waals surface area (Å²) in [6.45, 7) is 1.83. The average Bonchev–Trinajstić information content (AvgIpc) is 3.10. The highest BCUT2D eigenvalue weighted by Crippen LogP contribution is 2.41. The summed E-state index contributed by atoms with van der Waals surface area (Å²) in [7, 11) is 1.50. The first-order valence-corrected chi connectivity index (χ1v) is 6.69. The maximum absolute atomic E-state index is 13.7. The summed E-state index contributed by atoms with van der Waals surface area (Å²) in [5.41, 5.74) is -0.291. The number of carbonyl (C=O) groups excluding carboxylic acids is 2. The molecular formula is C13H14BrFN2O2. The Balaban J connectivity index is 2.37. The van der Waals surface area contributed by atoms with E-state index in [2.05, 4.69) is 26.6 Å². The number of carbonyl (C=O) groups is 2. The molecule has 2 rings (SSSR count). The van der Waals surface area contributed by atoms with Crippen LogP contribution in [0.5, 0.6) is 0 Å². The molecule has 0 heterocycles. The maximum atomic E-state index is 13.7. The highest BCUT2D eigenvalue weighted by atomic mass is 79.9. The van der Waals surface area contributed by atoms with E-state index in [1.165, 1.54) is 7.05 Å². The number of alkyl halides is 1. The summed E-state index contributed by atoms with van der Waals surface area (Å²) in [5.74, 6) is -1.02. The molecule has 0 spiro atoms. The van der Waals surface area contributed by atoms with Crippen LogP contribution in [0.4, 0.5) is 10.1 Å². The van der Waals surface area contributed by atoms with Gasteiger partial charge in [-0.15, -0.1) is 0 Å². The first-order valence-electron chi connectivity index (χ1n) is 5.90. The van der Waals surface area contributed by atoms with Crippen molar-refractivity contribution >= 4 is 33.4 Å². The zero-order valence-corrected chi connectivity index (χ0v) is 12.2. The second kappa shape index (κ2) is 4.92. The molecule has 6 heteroatoms. The van der Waals surface area contributed by atoms with Crippen LogP contribution >= 0.6 is 15.9 Å². The minimum atomic E-state index is -1.77. The largest absolute Gasteiger partial charge is 0.355 e. The van der Waals surface area contributed by atoms with E-state index in [-0.39, 0.29) is 18.7 Å². The fraction of sp³-hybridized carbons (Fsp3) is 0.385. The lowest BCUT2D eigenvalue weighted by Gasteiger charge is -2.14. The van der Waals surface area contributed by atoms with E-state index in [9.17, 15) is 14.0 Å². The number of rotatable bonds is 3. The molecule has 0 saturated heterocycles. The molecule has 4 nitrogen and oxygen atoms in total. The Labute approximate surface area is 118 Å². The van der Waals surface area contributed by atoms with Gasteiger partial charge >= 0.3 is 0 Å². The number of amides is 2. The number of benzene rings is 1. The van der Waals surface area contributed by atoms with Crippen LogP contribution in [0.15, 0.2) is 16.6 Å². The maximum Gasteiger partial charge on any atom is 0.262 e. The van der Waals surface area contributed by atoms with Gasteiger partial charge in [0.2, 0.25) is 0 Å². The molecule has 0 unspecified atom stereocenters. The van der Waals surface area contributed by atoms with E-state index in [0.717, 1.165) is 5.56 Å². The lowest BCUT2D eigenvalue weighted by atomic mass is 10.1. The van der Waals surface area contributed by atoms with Gasteiger partial charge in [0.1, 0.15) is 0 Å². The Morgan fingerprint density at radius 3 is 2.53 bits per heavy atom. The van der Waals surface area contributed by atoms with Crippen LogP contribution in [0.25, 0.3) is 0 Å². The van der Waals surface area contributed by atoms with Crippen molar-refractivity contribution in [2.24, 2.45) is 0 Å². The van der Waals surface area contributed by atoms with Crippen LogP contribution in [0, 0.1) is 6.92 Å². The van der Waals surface area contributed by atoms with Crippen molar-refractivity contribution in [3.05, 3.63) is 27.7 Å². The Bertz CT molecular complexity index is 556. The van der Waals surface area contributed by atoms with E-state index in [1.807, 2.05) is 6.92 Å². The van der Waals surface area contributed by atoms with Crippen molar-refractivity contribution in [1.82, 2.24) is 5.32 Å². The van der Waals surface area contributed by atoms with Gasteiger partial charge in [0, 0.05) is 11.5 Å². The van der Waals surface area contributed by atoms with Crippen LogP contribution in [0.2, 0.25) is 0 Å². The Kier molecular flexibility index (Phi) is 3.62. The third kappa shape index (κ3) is 2.78. The second-order valence-electron chi connectivity index (χ2n) is 4.67. The molecule has 0 atom stereocenters. The number of hydrogen-bond donors (Lipinski definition) is 2. The summed E-state index contributed by atoms with van der Waals surface area (Å²) in [4.78, 5) is 23.6. The van der Waals surface area contributed by atoms with Gasteiger partial charge in [-0.25, -0.2) is 4.39 Å². The summed E-state index contributed by atoms with van der Waals surface area (Å²) in [6.07, 6.45) is 0.468. The van der Waals surface area contributed by atoms with Crippen molar-refractivity contribution < 1.29 is 14.0 Å². The van der Waals surface area contributed by atoms with Gasteiger partial charge < -0.3 is 10.6 Å². The molecule has 1 saturated carbocycles. The fourth-order valence-corrected chi connectivity index (χ4v) is 2.42. The lowest BCUT2D eigenvalue weighted by molar-refractivity contribution is -0.122. The smallest absolute Gasteiger partial charge is 0.262 e. The minimum Gasteiger partial charge on any atom is -0.355 e. The quantitative estimate of drug-likeness (QED) is 0.895. The van der Waals surface area contributed by atoms with E-state index in [0.29, 0.717) is 15.7 Å². The van der Waals surface area contributed by atoms with Crippen molar-refractivity contribution in [2.45, 2.75) is 25.4 Å². The van der Waals surface area contributed by atoms with Gasteiger partial charge in [-0.1, -0.05) is 0 Å². The third-order valence-electron chi connectivity index (χ3n) is 3.04. The average molecular weight is 329 g/mol. The van der Waals surface area contributed by atoms with Crippen molar-refractivity contribution in [3.63, 3.8) is 0 Å². The predicted octanol–water partition coefficient (Wildman–Crippen LogP) is 2.56. The summed E-state index contributed by atoms with van der Waals surface area (Å²) in [6, 6.07) is 3.41. The van der Waals surface area contributed by atoms with E-state index in [1.54, 1.807) is 12.1 Å². The van der Waals surface area contributed by atoms with Crippen molar-refractivity contribution in [2.75, 3.05) is 12.4 Å². The highest BCUT2D eigenvalue weighted by molar-refractivity contribution is 9.10. The molecule has 2 amide bonds. The summed E-state index contributed by atoms with van der Waals surface area (Å²) >= 11 is 3.29. The molecular weight excluding hydrogens is 315 g/mol. The Hall–Kier alpha value is -1.43. The van der Waals surface area contributed by atoms with Gasteiger partial charge in [-0.2, -0.15) is 0 Å². The highest BCUT2D eigenvalue weighted by Gasteiger charge is 2.51. The topological polar surface area (TPSA) is 58.2 Å². The predicted molar refractivity (Wildman–Crippen MR) is 74.0 cm³/mol. The van der Waals surface area contributed by atoms with Crippen molar-refractivity contribution in [1.29, 1.82) is 0 Å². The third-order valence-corrected chi connectivity index (χ3v) is 3.67. The molecule has 1 aromatic rings. The van der Waals surface area contributed by atoms with E-state index < -0.39 is 11.6 Å². The first-order chi connectivity index (χ1) is 8.87. The number of hydrogen-bond acceptors (Lipinski definition) is 2. The van der Waals surface area contributed by atoms with Gasteiger partial charge in [0.05, 0.1) is 11.3 Å². The van der Waals surface area contributed by atoms with Crippen LogP contribution < -0.4 is 10.6 Å². The molecule has 1 aliphatic rings. The molecule has 2 N–H and O–H groups in total. The lowest BCUT2D eigenvalue weighted by Crippen LogP contribution is -2.28. The molecule has 0 aromatic heterocycles. The van der Waals surface area contributed by atoms with Gasteiger partial charge in [-0.05, 0) is 53.4 Å². The standard InChI is InChI=1S/C13H14BrFN2O2/c1-7-5-8(11(18)16-2)10(9(14)6-7)17-12(19)13(15)3-4-13/h5-6H,3-4H2,1-2H3,(H,16,18)(H,17,19). The number of nitrogens with one attached hydrogen (secondary N) is 2. The van der Waals surface area contributed by atoms with Gasteiger partial charge in [-0.3, -0.25) is 9.59 Å². The van der Waals surface area contributed by atoms with Gasteiger partial charge in [0.15, 0.2) is 5.67 Å². The molecule has 0 radical (unpaired) electrons. The number of aryl methyl sites for hydroxylation is 1. The van der Waals surface area contributed by atoms with Crippen molar-refractivity contribution in [3.8, 4) is 0 Å². The molecule has 0 bridgehead atoms. The summed E-state index contributed by atoms with van der Waals surface area (Å²) < 4.78 is 14.2. The second-order valence-corrected chi connectivity index (χ2v) is 5.52. The van der Waals surface area contributed by atoms with Gasteiger partial charge in [0.25, 0.3) is 11.8 Å². The fourth-order valence-electron chi connectivity index (χ4n) is 1.75. The zero-order valence-electron chi connectivity index (χ0n) is 10.6. The van der Waals surface area contributed by atoms with Crippen LogP contribution in [-0.4, -0.2) is 24.5 Å². The SMILES string of the molecule is CNC(=O)c1cc(C)cc(Br)c1NC(=O)C1(F)CC1. The Morgan fingerprint density at radius 2 is 2.00 bits per heavy atom. The van der Waals surface area contributed by atoms with E-state index in [4.69, 9.17) is 0 Å². The number of anilines is 1. The monoisotopic (exact) mass is 328 g/mol.